The molecule has 1 N–H and O–H groups in total. The van der Waals surface area contributed by atoms with Gasteiger partial charge in [0.05, 0.1) is 13.2 Å². The summed E-state index contributed by atoms with van der Waals surface area (Å²) >= 11 is 0. The molecular formula is C20H40N4O. The predicted octanol–water partition coefficient (Wildman–Crippen LogP) is 2.68. The highest BCUT2D eigenvalue weighted by Gasteiger charge is 2.27. The van der Waals surface area contributed by atoms with E-state index < -0.39 is 0 Å². The number of likely N-dealkylation sites (tertiary alicyclic amines) is 2. The third-order valence-corrected chi connectivity index (χ3v) is 5.81. The number of hydrogen-bond acceptors (Lipinski definition) is 3. The van der Waals surface area contributed by atoms with E-state index in [0.717, 1.165) is 44.7 Å². The van der Waals surface area contributed by atoms with Crippen LogP contribution in [0, 0.1) is 17.8 Å². The average molecular weight is 353 g/mol. The molecule has 0 aliphatic carbocycles. The van der Waals surface area contributed by atoms with E-state index in [1.807, 2.05) is 0 Å². The minimum Gasteiger partial charge on any atom is -0.384 e. The molecule has 146 valence electrons. The number of hydrogen-bond donors (Lipinski definition) is 1. The molecule has 5 nitrogen and oxygen atoms in total. The summed E-state index contributed by atoms with van der Waals surface area (Å²) in [6, 6.07) is 0.554. The highest BCUT2D eigenvalue weighted by atomic mass is 16.5. The lowest BCUT2D eigenvalue weighted by atomic mass is 9.94. The van der Waals surface area contributed by atoms with Gasteiger partial charge >= 0.3 is 0 Å². The first-order valence-electron chi connectivity index (χ1n) is 10.3. The highest BCUT2D eigenvalue weighted by molar-refractivity contribution is 5.80. The molecule has 2 fully saturated rings. The molecule has 2 aliphatic heterocycles. The second-order valence-electron chi connectivity index (χ2n) is 8.28. The van der Waals surface area contributed by atoms with Crippen molar-refractivity contribution in [3.63, 3.8) is 0 Å². The molecule has 2 heterocycles. The first kappa shape index (κ1) is 20.5. The molecular weight excluding hydrogens is 312 g/mol. The normalized spacial score (nSPS) is 25.0. The molecule has 25 heavy (non-hydrogen) atoms. The van der Waals surface area contributed by atoms with Gasteiger partial charge in [-0.3, -0.25) is 9.89 Å². The third kappa shape index (κ3) is 6.14. The van der Waals surface area contributed by atoms with Crippen LogP contribution in [0.1, 0.15) is 47.0 Å². The Balaban J connectivity index is 1.97. The van der Waals surface area contributed by atoms with Crippen LogP contribution in [0.25, 0.3) is 0 Å². The fourth-order valence-electron chi connectivity index (χ4n) is 4.11. The molecule has 5 heteroatoms. The average Bonchev–Trinajstić information content (AvgIpc) is 3.04. The molecule has 0 spiro atoms. The van der Waals surface area contributed by atoms with Crippen molar-refractivity contribution >= 4 is 5.96 Å². The van der Waals surface area contributed by atoms with Crippen molar-refractivity contribution in [3.05, 3.63) is 0 Å². The maximum Gasteiger partial charge on any atom is 0.193 e. The Morgan fingerprint density at radius 1 is 1.20 bits per heavy atom. The number of ether oxygens (including phenoxy) is 1. The molecule has 2 aliphatic rings. The Bertz CT molecular complexity index is 405. The summed E-state index contributed by atoms with van der Waals surface area (Å²) in [6.07, 6.45) is 3.87. The van der Waals surface area contributed by atoms with E-state index >= 15 is 0 Å². The van der Waals surface area contributed by atoms with E-state index in [1.54, 1.807) is 7.11 Å². The lowest BCUT2D eigenvalue weighted by Gasteiger charge is -2.38. The molecule has 0 bridgehead atoms. The van der Waals surface area contributed by atoms with Crippen molar-refractivity contribution in [2.24, 2.45) is 22.7 Å². The predicted molar refractivity (Wildman–Crippen MR) is 106 cm³/mol. The summed E-state index contributed by atoms with van der Waals surface area (Å²) in [5.74, 6) is 3.25. The lowest BCUT2D eigenvalue weighted by Crippen LogP contribution is -2.47. The van der Waals surface area contributed by atoms with Crippen molar-refractivity contribution in [2.75, 3.05) is 53.0 Å². The second-order valence-corrected chi connectivity index (χ2v) is 8.28. The first-order chi connectivity index (χ1) is 12.0. The Hall–Kier alpha value is -0.810. The van der Waals surface area contributed by atoms with E-state index in [2.05, 4.69) is 42.8 Å². The number of aliphatic imine (C=N–C) groups is 1. The van der Waals surface area contributed by atoms with Crippen LogP contribution < -0.4 is 5.32 Å². The molecule has 2 atom stereocenters. The number of guanidine groups is 1. The number of nitrogens with one attached hydrogen (secondary N) is 1. The van der Waals surface area contributed by atoms with Crippen LogP contribution in [-0.2, 0) is 4.74 Å². The van der Waals surface area contributed by atoms with E-state index in [1.165, 1.54) is 32.4 Å². The summed E-state index contributed by atoms with van der Waals surface area (Å²) in [5.41, 5.74) is 0. The molecule has 0 saturated carbocycles. The van der Waals surface area contributed by atoms with Crippen molar-refractivity contribution in [3.8, 4) is 0 Å². The van der Waals surface area contributed by atoms with E-state index in [-0.39, 0.29) is 0 Å². The molecule has 0 aromatic heterocycles. The number of piperidine rings is 1. The Kier molecular flexibility index (Phi) is 8.50. The zero-order valence-electron chi connectivity index (χ0n) is 17.1. The van der Waals surface area contributed by atoms with Crippen LogP contribution in [0.5, 0.6) is 0 Å². The van der Waals surface area contributed by atoms with Crippen molar-refractivity contribution in [1.29, 1.82) is 0 Å². The van der Waals surface area contributed by atoms with E-state index in [4.69, 9.17) is 9.73 Å². The minimum absolute atomic E-state index is 0.554. The SMILES string of the molecule is CCNC(=NCC(C(C)C)N1CCC(C)CC1)N1CCC(COC)C1. The smallest absolute Gasteiger partial charge is 0.193 e. The lowest BCUT2D eigenvalue weighted by molar-refractivity contribution is 0.113. The van der Waals surface area contributed by atoms with Crippen LogP contribution in [0.4, 0.5) is 0 Å². The van der Waals surface area contributed by atoms with Gasteiger partial charge in [-0.05, 0) is 51.1 Å². The first-order valence-corrected chi connectivity index (χ1v) is 10.3. The molecule has 0 aromatic carbocycles. The quantitative estimate of drug-likeness (QED) is 0.565. The number of rotatable bonds is 7. The van der Waals surface area contributed by atoms with Gasteiger partial charge in [-0.1, -0.05) is 20.8 Å². The third-order valence-electron chi connectivity index (χ3n) is 5.81. The molecule has 2 saturated heterocycles. The molecule has 2 unspecified atom stereocenters. The maximum atomic E-state index is 5.34. The topological polar surface area (TPSA) is 40.1 Å². The molecule has 0 amide bonds. The van der Waals surface area contributed by atoms with Crippen LogP contribution in [0.2, 0.25) is 0 Å². The molecule has 0 radical (unpaired) electrons. The van der Waals surface area contributed by atoms with Crippen LogP contribution in [0.15, 0.2) is 4.99 Å². The van der Waals surface area contributed by atoms with Gasteiger partial charge in [0, 0.05) is 38.7 Å². The monoisotopic (exact) mass is 352 g/mol. The van der Waals surface area contributed by atoms with Gasteiger partial charge in [0.25, 0.3) is 0 Å². The van der Waals surface area contributed by atoms with Crippen molar-refractivity contribution < 1.29 is 4.74 Å². The van der Waals surface area contributed by atoms with Crippen LogP contribution in [-0.4, -0.2) is 74.8 Å². The molecule has 0 aromatic rings. The van der Waals surface area contributed by atoms with Gasteiger partial charge in [0.2, 0.25) is 0 Å². The number of methoxy groups -OCH3 is 1. The fourth-order valence-corrected chi connectivity index (χ4v) is 4.11. The van der Waals surface area contributed by atoms with Gasteiger partial charge in [0.15, 0.2) is 5.96 Å². The maximum absolute atomic E-state index is 5.34. The summed E-state index contributed by atoms with van der Waals surface area (Å²) in [7, 11) is 1.80. The van der Waals surface area contributed by atoms with Crippen LogP contribution >= 0.6 is 0 Å². The largest absolute Gasteiger partial charge is 0.384 e. The van der Waals surface area contributed by atoms with Gasteiger partial charge < -0.3 is 15.0 Å². The highest BCUT2D eigenvalue weighted by Crippen LogP contribution is 2.22. The van der Waals surface area contributed by atoms with Crippen LogP contribution in [0.3, 0.4) is 0 Å². The van der Waals surface area contributed by atoms with Crippen molar-refractivity contribution in [1.82, 2.24) is 15.1 Å². The zero-order valence-corrected chi connectivity index (χ0v) is 17.1. The Morgan fingerprint density at radius 3 is 2.52 bits per heavy atom. The standard InChI is InChI=1S/C20H40N4O/c1-6-21-20(24-12-9-18(14-24)15-25-5)22-13-19(16(2)3)23-10-7-17(4)8-11-23/h16-19H,6-15H2,1-5H3,(H,21,22). The molecule has 2 rings (SSSR count). The zero-order chi connectivity index (χ0) is 18.2. The van der Waals surface area contributed by atoms with Gasteiger partial charge in [0.1, 0.15) is 0 Å². The minimum atomic E-state index is 0.554. The second kappa shape index (κ2) is 10.4. The van der Waals surface area contributed by atoms with Crippen molar-refractivity contribution in [2.45, 2.75) is 53.0 Å². The summed E-state index contributed by atoms with van der Waals surface area (Å²) < 4.78 is 5.34. The Morgan fingerprint density at radius 2 is 1.92 bits per heavy atom. The summed E-state index contributed by atoms with van der Waals surface area (Å²) in [6.45, 7) is 16.5. The van der Waals surface area contributed by atoms with Gasteiger partial charge in [-0.15, -0.1) is 0 Å². The fraction of sp³-hybridized carbons (Fsp3) is 0.950. The van der Waals surface area contributed by atoms with Gasteiger partial charge in [-0.25, -0.2) is 0 Å². The van der Waals surface area contributed by atoms with Gasteiger partial charge in [-0.2, -0.15) is 0 Å². The summed E-state index contributed by atoms with van der Waals surface area (Å²) in [4.78, 5) is 10.2. The Labute approximate surface area is 155 Å². The van der Waals surface area contributed by atoms with E-state index in [0.29, 0.717) is 17.9 Å². The van der Waals surface area contributed by atoms with E-state index in [9.17, 15) is 0 Å². The summed E-state index contributed by atoms with van der Waals surface area (Å²) in [5, 5.41) is 3.51. The number of nitrogens with zero attached hydrogens (tertiary/aromatic N) is 3.